The number of nitrogens with zero attached hydrogens (tertiary/aromatic N) is 2. The van der Waals surface area contributed by atoms with Crippen molar-refractivity contribution < 1.29 is 10.2 Å². The van der Waals surface area contributed by atoms with E-state index in [9.17, 15) is 5.11 Å². The van der Waals surface area contributed by atoms with Gasteiger partial charge < -0.3 is 15.1 Å². The molecule has 2 N–H and O–H groups in total. The third-order valence-corrected chi connectivity index (χ3v) is 5.36. The maximum Gasteiger partial charge on any atom is 0.0558 e. The van der Waals surface area contributed by atoms with Crippen LogP contribution in [-0.2, 0) is 0 Å². The second kappa shape index (κ2) is 7.55. The van der Waals surface area contributed by atoms with Crippen molar-refractivity contribution >= 4 is 0 Å². The van der Waals surface area contributed by atoms with Gasteiger partial charge in [0.25, 0.3) is 0 Å². The van der Waals surface area contributed by atoms with E-state index >= 15 is 0 Å². The van der Waals surface area contributed by atoms with Crippen LogP contribution in [0.25, 0.3) is 0 Å². The van der Waals surface area contributed by atoms with Crippen molar-refractivity contribution in [2.75, 3.05) is 52.5 Å². The van der Waals surface area contributed by atoms with Crippen molar-refractivity contribution in [3.8, 4) is 0 Å². The Balaban J connectivity index is 1.92. The number of allylic oxidation sites excluding steroid dienone is 1. The minimum absolute atomic E-state index is 0.257. The smallest absolute Gasteiger partial charge is 0.0558 e. The summed E-state index contributed by atoms with van der Waals surface area (Å²) in [6.07, 6.45) is 7.87. The molecule has 0 aromatic heterocycles. The van der Waals surface area contributed by atoms with E-state index in [1.54, 1.807) is 0 Å². The summed E-state index contributed by atoms with van der Waals surface area (Å²) in [6, 6.07) is 0. The zero-order valence-electron chi connectivity index (χ0n) is 12.8. The fraction of sp³-hybridized carbons (Fsp3) is 0.875. The molecule has 0 amide bonds. The molecular formula is C16H30N2O2. The molecule has 2 aliphatic heterocycles. The monoisotopic (exact) mass is 282 g/mol. The van der Waals surface area contributed by atoms with E-state index in [4.69, 9.17) is 5.11 Å². The van der Waals surface area contributed by atoms with Crippen LogP contribution in [0, 0.1) is 11.3 Å². The standard InChI is InChI=1S/C16H30N2O2/c1-2-3-7-18-10-6-16(15(13-18)14-20)4-8-17(9-5-16)11-12-19/h2-3,15,19-20H,4-14H2,1H3/b3-2+. The van der Waals surface area contributed by atoms with E-state index in [0.29, 0.717) is 17.9 Å². The predicted octanol–water partition coefficient (Wildman–Crippen LogP) is 0.951. The summed E-state index contributed by atoms with van der Waals surface area (Å²) in [5, 5.41) is 18.9. The molecule has 1 unspecified atom stereocenters. The molecule has 0 aliphatic carbocycles. The molecule has 4 nitrogen and oxygen atoms in total. The molecule has 0 bridgehead atoms. The molecule has 116 valence electrons. The normalized spacial score (nSPS) is 28.4. The summed E-state index contributed by atoms with van der Waals surface area (Å²) in [4.78, 5) is 4.82. The van der Waals surface area contributed by atoms with Crippen LogP contribution in [-0.4, -0.2) is 72.5 Å². The van der Waals surface area contributed by atoms with Gasteiger partial charge in [-0.15, -0.1) is 0 Å². The number of aliphatic hydroxyl groups excluding tert-OH is 2. The molecule has 0 aromatic rings. The van der Waals surface area contributed by atoms with Crippen molar-refractivity contribution in [1.82, 2.24) is 9.80 Å². The molecule has 2 rings (SSSR count). The van der Waals surface area contributed by atoms with Gasteiger partial charge >= 0.3 is 0 Å². The molecule has 2 saturated heterocycles. The van der Waals surface area contributed by atoms with Gasteiger partial charge in [-0.05, 0) is 51.2 Å². The summed E-state index contributed by atoms with van der Waals surface area (Å²) < 4.78 is 0. The van der Waals surface area contributed by atoms with Crippen molar-refractivity contribution in [1.29, 1.82) is 0 Å². The number of hydrogen-bond donors (Lipinski definition) is 2. The number of likely N-dealkylation sites (tertiary alicyclic amines) is 2. The highest BCUT2D eigenvalue weighted by Gasteiger charge is 2.43. The molecule has 0 radical (unpaired) electrons. The van der Waals surface area contributed by atoms with Crippen LogP contribution < -0.4 is 0 Å². The zero-order chi connectivity index (χ0) is 14.4. The van der Waals surface area contributed by atoms with Crippen LogP contribution in [0.1, 0.15) is 26.2 Å². The molecule has 20 heavy (non-hydrogen) atoms. The van der Waals surface area contributed by atoms with E-state index in [1.807, 2.05) is 0 Å². The highest BCUT2D eigenvalue weighted by atomic mass is 16.3. The van der Waals surface area contributed by atoms with Gasteiger partial charge in [-0.2, -0.15) is 0 Å². The van der Waals surface area contributed by atoms with Gasteiger partial charge in [-0.25, -0.2) is 0 Å². The van der Waals surface area contributed by atoms with Gasteiger partial charge in [0.2, 0.25) is 0 Å². The van der Waals surface area contributed by atoms with E-state index in [2.05, 4.69) is 28.9 Å². The minimum Gasteiger partial charge on any atom is -0.396 e. The summed E-state index contributed by atoms with van der Waals surface area (Å²) in [6.45, 7) is 8.78. The van der Waals surface area contributed by atoms with Gasteiger partial charge in [0.05, 0.1) is 6.61 Å². The van der Waals surface area contributed by atoms with Crippen LogP contribution in [0.4, 0.5) is 0 Å². The molecule has 2 fully saturated rings. The third-order valence-electron chi connectivity index (χ3n) is 5.36. The minimum atomic E-state index is 0.257. The number of β-amino-alcohol motifs (C(OH)–C–C–N with tert-alkyl or cyclic N) is 1. The molecule has 1 spiro atoms. The Morgan fingerprint density at radius 2 is 1.75 bits per heavy atom. The van der Waals surface area contributed by atoms with Crippen LogP contribution in [0.5, 0.6) is 0 Å². The molecule has 4 heteroatoms. The van der Waals surface area contributed by atoms with Gasteiger partial charge in [0.1, 0.15) is 0 Å². The first-order valence-corrected chi connectivity index (χ1v) is 8.01. The number of rotatable bonds is 5. The molecular weight excluding hydrogens is 252 g/mol. The quantitative estimate of drug-likeness (QED) is 0.737. The van der Waals surface area contributed by atoms with Crippen molar-refractivity contribution in [2.24, 2.45) is 11.3 Å². The molecule has 1 atom stereocenters. The van der Waals surface area contributed by atoms with Gasteiger partial charge in [0.15, 0.2) is 0 Å². The summed E-state index contributed by atoms with van der Waals surface area (Å²) in [5.41, 5.74) is 0.340. The summed E-state index contributed by atoms with van der Waals surface area (Å²) in [7, 11) is 0. The largest absolute Gasteiger partial charge is 0.396 e. The van der Waals surface area contributed by atoms with Crippen molar-refractivity contribution in [3.05, 3.63) is 12.2 Å². The first-order valence-electron chi connectivity index (χ1n) is 8.01. The zero-order valence-corrected chi connectivity index (χ0v) is 12.8. The van der Waals surface area contributed by atoms with E-state index in [-0.39, 0.29) is 6.61 Å². The Bertz CT molecular complexity index is 312. The fourth-order valence-electron chi connectivity index (χ4n) is 3.87. The van der Waals surface area contributed by atoms with E-state index < -0.39 is 0 Å². The molecule has 2 heterocycles. The third kappa shape index (κ3) is 3.61. The molecule has 2 aliphatic rings. The highest BCUT2D eigenvalue weighted by Crippen LogP contribution is 2.44. The van der Waals surface area contributed by atoms with Crippen molar-refractivity contribution in [2.45, 2.75) is 26.2 Å². The Hall–Kier alpha value is -0.420. The Morgan fingerprint density at radius 3 is 2.30 bits per heavy atom. The Kier molecular flexibility index (Phi) is 6.02. The first-order chi connectivity index (χ1) is 9.74. The maximum atomic E-state index is 9.82. The first kappa shape index (κ1) is 16.0. The van der Waals surface area contributed by atoms with E-state index in [1.165, 1.54) is 19.3 Å². The van der Waals surface area contributed by atoms with Crippen molar-refractivity contribution in [3.63, 3.8) is 0 Å². The summed E-state index contributed by atoms with van der Waals surface area (Å²) in [5.74, 6) is 0.415. The SMILES string of the molecule is C/C=C/CN1CCC2(CCN(CCO)CC2)C(CO)C1. The van der Waals surface area contributed by atoms with Crippen LogP contribution >= 0.6 is 0 Å². The Morgan fingerprint density at radius 1 is 1.10 bits per heavy atom. The highest BCUT2D eigenvalue weighted by molar-refractivity contribution is 4.97. The second-order valence-corrected chi connectivity index (χ2v) is 6.39. The van der Waals surface area contributed by atoms with Gasteiger partial charge in [-0.3, -0.25) is 4.90 Å². The predicted molar refractivity (Wildman–Crippen MR) is 81.6 cm³/mol. The van der Waals surface area contributed by atoms with Gasteiger partial charge in [-0.1, -0.05) is 12.2 Å². The average Bonchev–Trinajstić information content (AvgIpc) is 2.49. The van der Waals surface area contributed by atoms with Crippen LogP contribution in [0.3, 0.4) is 0 Å². The lowest BCUT2D eigenvalue weighted by Gasteiger charge is -2.51. The lowest BCUT2D eigenvalue weighted by atomic mass is 9.64. The number of aliphatic hydroxyl groups is 2. The molecule has 0 saturated carbocycles. The van der Waals surface area contributed by atoms with E-state index in [0.717, 1.165) is 39.3 Å². The maximum absolute atomic E-state index is 9.82. The van der Waals surface area contributed by atoms with Crippen LogP contribution in [0.15, 0.2) is 12.2 Å². The average molecular weight is 282 g/mol. The lowest BCUT2D eigenvalue weighted by Crippen LogP contribution is -2.53. The fourth-order valence-corrected chi connectivity index (χ4v) is 3.87. The second-order valence-electron chi connectivity index (χ2n) is 6.39. The lowest BCUT2D eigenvalue weighted by molar-refractivity contribution is -0.0405. The molecule has 0 aromatic carbocycles. The number of hydrogen-bond acceptors (Lipinski definition) is 4. The Labute approximate surface area is 123 Å². The van der Waals surface area contributed by atoms with Crippen LogP contribution in [0.2, 0.25) is 0 Å². The number of piperidine rings is 2. The topological polar surface area (TPSA) is 46.9 Å². The summed E-state index contributed by atoms with van der Waals surface area (Å²) >= 11 is 0. The van der Waals surface area contributed by atoms with Gasteiger partial charge in [0, 0.05) is 32.2 Å².